The van der Waals surface area contributed by atoms with Gasteiger partial charge in [-0.1, -0.05) is 12.1 Å². The number of hydrogen-bond donors (Lipinski definition) is 1. The first-order chi connectivity index (χ1) is 14.3. The SMILES string of the molecule is COc1ccc(C2=C(Nc3ccc(F)c(F)c3)C(=O)N(CCOC(C)C)C2=O)cc1. The molecule has 0 saturated heterocycles. The number of methoxy groups -OCH3 is 1. The summed E-state index contributed by atoms with van der Waals surface area (Å²) in [6.45, 7) is 3.96. The molecule has 1 N–H and O–H groups in total. The highest BCUT2D eigenvalue weighted by atomic mass is 19.2. The third-order valence-corrected chi connectivity index (χ3v) is 4.50. The van der Waals surface area contributed by atoms with Crippen molar-refractivity contribution >= 4 is 23.1 Å². The van der Waals surface area contributed by atoms with Crippen molar-refractivity contribution < 1.29 is 27.8 Å². The van der Waals surface area contributed by atoms with E-state index in [2.05, 4.69) is 5.32 Å². The lowest BCUT2D eigenvalue weighted by molar-refractivity contribution is -0.137. The summed E-state index contributed by atoms with van der Waals surface area (Å²) >= 11 is 0. The molecule has 2 aromatic carbocycles. The number of hydrogen-bond acceptors (Lipinski definition) is 5. The van der Waals surface area contributed by atoms with E-state index >= 15 is 0 Å². The Labute approximate surface area is 173 Å². The van der Waals surface area contributed by atoms with Crippen molar-refractivity contribution in [3.63, 3.8) is 0 Å². The minimum absolute atomic E-state index is 0.0132. The van der Waals surface area contributed by atoms with Crippen LogP contribution in [0, 0.1) is 11.6 Å². The van der Waals surface area contributed by atoms with E-state index in [1.807, 2.05) is 13.8 Å². The number of anilines is 1. The Bertz CT molecular complexity index is 987. The molecule has 0 saturated carbocycles. The molecule has 0 atom stereocenters. The van der Waals surface area contributed by atoms with Crippen molar-refractivity contribution in [1.82, 2.24) is 4.90 Å². The van der Waals surface area contributed by atoms with Gasteiger partial charge in [0.2, 0.25) is 0 Å². The van der Waals surface area contributed by atoms with Gasteiger partial charge in [0.05, 0.1) is 31.9 Å². The topological polar surface area (TPSA) is 67.9 Å². The second kappa shape index (κ2) is 9.04. The first kappa shape index (κ1) is 21.4. The van der Waals surface area contributed by atoms with Crippen molar-refractivity contribution in [3.05, 3.63) is 65.4 Å². The number of imide groups is 1. The lowest BCUT2D eigenvalue weighted by Gasteiger charge is -2.16. The van der Waals surface area contributed by atoms with Crippen molar-refractivity contribution in [2.75, 3.05) is 25.6 Å². The number of benzene rings is 2. The molecule has 1 heterocycles. The van der Waals surface area contributed by atoms with Crippen LogP contribution in [0.5, 0.6) is 5.75 Å². The summed E-state index contributed by atoms with van der Waals surface area (Å²) in [4.78, 5) is 27.1. The largest absolute Gasteiger partial charge is 0.497 e. The second-order valence-electron chi connectivity index (χ2n) is 6.91. The van der Waals surface area contributed by atoms with Gasteiger partial charge in [0.1, 0.15) is 11.4 Å². The number of amides is 2. The molecule has 158 valence electrons. The van der Waals surface area contributed by atoms with Crippen molar-refractivity contribution in [3.8, 4) is 5.75 Å². The van der Waals surface area contributed by atoms with Crippen LogP contribution in [0.25, 0.3) is 5.57 Å². The van der Waals surface area contributed by atoms with Crippen molar-refractivity contribution in [2.24, 2.45) is 0 Å². The van der Waals surface area contributed by atoms with Crippen LogP contribution in [-0.2, 0) is 14.3 Å². The number of halogens is 2. The minimum atomic E-state index is -1.06. The molecule has 2 amide bonds. The Morgan fingerprint density at radius 3 is 2.30 bits per heavy atom. The van der Waals surface area contributed by atoms with Gasteiger partial charge in [-0.05, 0) is 43.7 Å². The maximum absolute atomic E-state index is 13.6. The van der Waals surface area contributed by atoms with Gasteiger partial charge in [0, 0.05) is 11.8 Å². The van der Waals surface area contributed by atoms with E-state index in [4.69, 9.17) is 9.47 Å². The van der Waals surface area contributed by atoms with E-state index < -0.39 is 23.4 Å². The standard InChI is InChI=1S/C22H22F2N2O4/c1-13(2)30-11-10-26-21(27)19(14-4-7-16(29-3)8-5-14)20(22(26)28)25-15-6-9-17(23)18(24)12-15/h4-9,12-13,25H,10-11H2,1-3H3. The Balaban J connectivity index is 1.97. The third kappa shape index (κ3) is 4.49. The van der Waals surface area contributed by atoms with Crippen molar-refractivity contribution in [2.45, 2.75) is 20.0 Å². The van der Waals surface area contributed by atoms with Crippen LogP contribution < -0.4 is 10.1 Å². The highest BCUT2D eigenvalue weighted by Gasteiger charge is 2.39. The summed E-state index contributed by atoms with van der Waals surface area (Å²) in [6.07, 6.45) is -0.0494. The average molecular weight is 416 g/mol. The molecule has 0 aliphatic carbocycles. The molecule has 0 spiro atoms. The fourth-order valence-corrected chi connectivity index (χ4v) is 3.02. The predicted octanol–water partition coefficient (Wildman–Crippen LogP) is 3.59. The lowest BCUT2D eigenvalue weighted by Crippen LogP contribution is -2.35. The highest BCUT2D eigenvalue weighted by molar-refractivity contribution is 6.36. The van der Waals surface area contributed by atoms with Crippen LogP contribution in [0.4, 0.5) is 14.5 Å². The maximum Gasteiger partial charge on any atom is 0.278 e. The smallest absolute Gasteiger partial charge is 0.278 e. The molecule has 0 unspecified atom stereocenters. The predicted molar refractivity (Wildman–Crippen MR) is 108 cm³/mol. The monoisotopic (exact) mass is 416 g/mol. The Morgan fingerprint density at radius 2 is 1.70 bits per heavy atom. The Morgan fingerprint density at radius 1 is 1.00 bits per heavy atom. The number of carbonyl (C=O) groups excluding carboxylic acids is 2. The summed E-state index contributed by atoms with van der Waals surface area (Å²) in [5.41, 5.74) is 0.764. The summed E-state index contributed by atoms with van der Waals surface area (Å²) in [6, 6.07) is 9.80. The maximum atomic E-state index is 13.6. The van der Waals surface area contributed by atoms with Crippen LogP contribution in [0.2, 0.25) is 0 Å². The van der Waals surface area contributed by atoms with Gasteiger partial charge in [-0.15, -0.1) is 0 Å². The zero-order chi connectivity index (χ0) is 21.8. The van der Waals surface area contributed by atoms with Crippen molar-refractivity contribution in [1.29, 1.82) is 0 Å². The van der Waals surface area contributed by atoms with E-state index in [0.29, 0.717) is 11.3 Å². The molecule has 3 rings (SSSR count). The molecule has 0 aromatic heterocycles. The number of nitrogens with zero attached hydrogens (tertiary/aromatic N) is 1. The van der Waals surface area contributed by atoms with Gasteiger partial charge in [-0.2, -0.15) is 0 Å². The molecule has 0 radical (unpaired) electrons. The van der Waals surface area contributed by atoms with Crippen LogP contribution in [0.1, 0.15) is 19.4 Å². The fraction of sp³-hybridized carbons (Fsp3) is 0.273. The molecule has 0 bridgehead atoms. The quantitative estimate of drug-likeness (QED) is 0.666. The third-order valence-electron chi connectivity index (χ3n) is 4.50. The van der Waals surface area contributed by atoms with Gasteiger partial charge in [-0.25, -0.2) is 8.78 Å². The Kier molecular flexibility index (Phi) is 6.47. The molecule has 6 nitrogen and oxygen atoms in total. The molecule has 1 aliphatic heterocycles. The highest BCUT2D eigenvalue weighted by Crippen LogP contribution is 2.31. The normalized spacial score (nSPS) is 14.1. The van der Waals surface area contributed by atoms with E-state index in [1.54, 1.807) is 24.3 Å². The van der Waals surface area contributed by atoms with Crippen LogP contribution in [-0.4, -0.2) is 43.1 Å². The van der Waals surface area contributed by atoms with Gasteiger partial charge in [0.25, 0.3) is 11.8 Å². The lowest BCUT2D eigenvalue weighted by atomic mass is 10.0. The molecule has 2 aromatic rings. The minimum Gasteiger partial charge on any atom is -0.497 e. The van der Waals surface area contributed by atoms with E-state index in [-0.39, 0.29) is 36.2 Å². The molecule has 0 fully saturated rings. The number of nitrogens with one attached hydrogen (secondary N) is 1. The van der Waals surface area contributed by atoms with Gasteiger partial charge in [-0.3, -0.25) is 14.5 Å². The zero-order valence-electron chi connectivity index (χ0n) is 16.9. The fourth-order valence-electron chi connectivity index (χ4n) is 3.02. The van der Waals surface area contributed by atoms with Crippen LogP contribution in [0.3, 0.4) is 0 Å². The van der Waals surface area contributed by atoms with Crippen LogP contribution >= 0.6 is 0 Å². The Hall–Kier alpha value is -3.26. The summed E-state index contributed by atoms with van der Waals surface area (Å²) < 4.78 is 37.5. The van der Waals surface area contributed by atoms with Crippen LogP contribution in [0.15, 0.2) is 48.2 Å². The van der Waals surface area contributed by atoms with E-state index in [0.717, 1.165) is 17.0 Å². The van der Waals surface area contributed by atoms with Gasteiger partial charge >= 0.3 is 0 Å². The molecule has 30 heavy (non-hydrogen) atoms. The number of carbonyl (C=O) groups is 2. The number of rotatable bonds is 8. The zero-order valence-corrected chi connectivity index (χ0v) is 16.9. The molecular formula is C22H22F2N2O4. The van der Waals surface area contributed by atoms with E-state index in [1.165, 1.54) is 13.2 Å². The average Bonchev–Trinajstić information content (AvgIpc) is 2.95. The second-order valence-corrected chi connectivity index (χ2v) is 6.91. The van der Waals surface area contributed by atoms with Gasteiger partial charge in [0.15, 0.2) is 11.6 Å². The summed E-state index contributed by atoms with van der Waals surface area (Å²) in [5, 5.41) is 2.78. The molecule has 8 heteroatoms. The number of ether oxygens (including phenoxy) is 2. The first-order valence-corrected chi connectivity index (χ1v) is 9.40. The van der Waals surface area contributed by atoms with E-state index in [9.17, 15) is 18.4 Å². The summed E-state index contributed by atoms with van der Waals surface area (Å²) in [7, 11) is 1.52. The first-order valence-electron chi connectivity index (χ1n) is 9.40. The van der Waals surface area contributed by atoms with Gasteiger partial charge < -0.3 is 14.8 Å². The molecule has 1 aliphatic rings. The molecular weight excluding hydrogens is 394 g/mol. The summed E-state index contributed by atoms with van der Waals surface area (Å²) in [5.74, 6) is -2.55.